The highest BCUT2D eigenvalue weighted by Gasteiger charge is 2.32. The lowest BCUT2D eigenvalue weighted by molar-refractivity contribution is -0.174. The lowest BCUT2D eigenvalue weighted by Gasteiger charge is -2.39. The minimum Gasteiger partial charge on any atom is -0.372 e. The standard InChI is InChI=1S/C13H23ClF3NO/c1-11-3-5-12(9-14,6-4-11)18-7-2-8-19-10-13(15,16)17/h11,18H,2-10H2,1H3. The van der Waals surface area contributed by atoms with Crippen LogP contribution in [0.5, 0.6) is 0 Å². The zero-order valence-corrected chi connectivity index (χ0v) is 12.1. The molecule has 1 aliphatic rings. The highest BCUT2D eigenvalue weighted by atomic mass is 35.5. The monoisotopic (exact) mass is 301 g/mol. The van der Waals surface area contributed by atoms with Crippen molar-refractivity contribution in [1.82, 2.24) is 5.32 Å². The molecule has 6 heteroatoms. The van der Waals surface area contributed by atoms with Crippen LogP contribution in [0.1, 0.15) is 39.0 Å². The summed E-state index contributed by atoms with van der Waals surface area (Å²) in [5.41, 5.74) is -0.0297. The fourth-order valence-corrected chi connectivity index (χ4v) is 2.75. The second kappa shape index (κ2) is 7.70. The quantitative estimate of drug-likeness (QED) is 0.571. The van der Waals surface area contributed by atoms with E-state index in [4.69, 9.17) is 11.6 Å². The first-order chi connectivity index (χ1) is 8.87. The summed E-state index contributed by atoms with van der Waals surface area (Å²) in [6, 6.07) is 0. The first-order valence-corrected chi connectivity index (χ1v) is 7.36. The first kappa shape index (κ1) is 17.1. The Morgan fingerprint density at radius 1 is 1.32 bits per heavy atom. The number of hydrogen-bond donors (Lipinski definition) is 1. The highest BCUT2D eigenvalue weighted by Crippen LogP contribution is 2.32. The van der Waals surface area contributed by atoms with Gasteiger partial charge in [0.1, 0.15) is 6.61 Å². The molecule has 1 aliphatic carbocycles. The maximum atomic E-state index is 11.8. The van der Waals surface area contributed by atoms with E-state index >= 15 is 0 Å². The average molecular weight is 302 g/mol. The van der Waals surface area contributed by atoms with E-state index < -0.39 is 12.8 Å². The van der Waals surface area contributed by atoms with Gasteiger partial charge in [-0.15, -0.1) is 11.6 Å². The molecular weight excluding hydrogens is 279 g/mol. The van der Waals surface area contributed by atoms with Gasteiger partial charge in [0.15, 0.2) is 0 Å². The average Bonchev–Trinajstić information content (AvgIpc) is 2.35. The number of halogens is 4. The predicted molar refractivity (Wildman–Crippen MR) is 70.6 cm³/mol. The molecule has 0 spiro atoms. The van der Waals surface area contributed by atoms with E-state index in [1.807, 2.05) is 0 Å². The maximum absolute atomic E-state index is 11.8. The Hall–Kier alpha value is -0.0000000000000000555. The minimum absolute atomic E-state index is 0.0297. The van der Waals surface area contributed by atoms with Crippen LogP contribution < -0.4 is 5.32 Å². The second-order valence-electron chi connectivity index (χ2n) is 5.54. The summed E-state index contributed by atoms with van der Waals surface area (Å²) in [6.07, 6.45) is 0.741. The van der Waals surface area contributed by atoms with Gasteiger partial charge in [-0.05, 0) is 44.6 Å². The van der Waals surface area contributed by atoms with Crippen molar-refractivity contribution in [3.63, 3.8) is 0 Å². The van der Waals surface area contributed by atoms with Gasteiger partial charge < -0.3 is 10.1 Å². The van der Waals surface area contributed by atoms with Crippen LogP contribution in [0.15, 0.2) is 0 Å². The molecule has 0 atom stereocenters. The van der Waals surface area contributed by atoms with Crippen LogP contribution in [0.25, 0.3) is 0 Å². The van der Waals surface area contributed by atoms with Gasteiger partial charge in [0.05, 0.1) is 0 Å². The predicted octanol–water partition coefficient (Wildman–Crippen LogP) is 3.73. The number of ether oxygens (including phenoxy) is 1. The number of rotatable bonds is 7. The zero-order chi connectivity index (χ0) is 14.4. The molecule has 0 saturated heterocycles. The van der Waals surface area contributed by atoms with Crippen molar-refractivity contribution >= 4 is 11.6 Å². The van der Waals surface area contributed by atoms with Crippen LogP contribution in [0, 0.1) is 5.92 Å². The number of nitrogens with one attached hydrogen (secondary N) is 1. The normalized spacial score (nSPS) is 28.6. The molecule has 0 aromatic carbocycles. The van der Waals surface area contributed by atoms with Gasteiger partial charge in [0.25, 0.3) is 0 Å². The lowest BCUT2D eigenvalue weighted by Crippen LogP contribution is -2.50. The van der Waals surface area contributed by atoms with Crippen molar-refractivity contribution in [3.05, 3.63) is 0 Å². The molecule has 0 amide bonds. The van der Waals surface area contributed by atoms with Crippen LogP contribution in [0.4, 0.5) is 13.2 Å². The summed E-state index contributed by atoms with van der Waals surface area (Å²) >= 11 is 6.04. The molecule has 1 rings (SSSR count). The molecule has 19 heavy (non-hydrogen) atoms. The fraction of sp³-hybridized carbons (Fsp3) is 1.00. The Morgan fingerprint density at radius 2 is 1.95 bits per heavy atom. The Kier molecular flexibility index (Phi) is 6.91. The topological polar surface area (TPSA) is 21.3 Å². The third-order valence-electron chi connectivity index (χ3n) is 3.72. The Balaban J connectivity index is 2.13. The van der Waals surface area contributed by atoms with Crippen LogP contribution in [0.2, 0.25) is 0 Å². The maximum Gasteiger partial charge on any atom is 0.411 e. The molecule has 114 valence electrons. The van der Waals surface area contributed by atoms with Crippen molar-refractivity contribution in [2.45, 2.75) is 50.7 Å². The highest BCUT2D eigenvalue weighted by molar-refractivity contribution is 6.18. The van der Waals surface area contributed by atoms with Gasteiger partial charge >= 0.3 is 6.18 Å². The summed E-state index contributed by atoms with van der Waals surface area (Å²) in [5, 5.41) is 3.41. The summed E-state index contributed by atoms with van der Waals surface area (Å²) < 4.78 is 40.1. The Bertz CT molecular complexity index is 253. The number of hydrogen-bond acceptors (Lipinski definition) is 2. The second-order valence-corrected chi connectivity index (χ2v) is 5.81. The van der Waals surface area contributed by atoms with Gasteiger partial charge in [-0.1, -0.05) is 6.92 Å². The molecular formula is C13H23ClF3NO. The molecule has 0 unspecified atom stereocenters. The smallest absolute Gasteiger partial charge is 0.372 e. The van der Waals surface area contributed by atoms with Gasteiger partial charge in [-0.3, -0.25) is 0 Å². The SMILES string of the molecule is CC1CCC(CCl)(NCCCOCC(F)(F)F)CC1. The molecule has 0 aromatic rings. The molecule has 1 saturated carbocycles. The summed E-state index contributed by atoms with van der Waals surface area (Å²) in [6.45, 7) is 1.86. The van der Waals surface area contributed by atoms with Crippen molar-refractivity contribution in [1.29, 1.82) is 0 Å². The number of alkyl halides is 4. The minimum atomic E-state index is -4.23. The third-order valence-corrected chi connectivity index (χ3v) is 4.23. The Labute approximate surface area is 118 Å². The van der Waals surface area contributed by atoms with Crippen molar-refractivity contribution < 1.29 is 17.9 Å². The summed E-state index contributed by atoms with van der Waals surface area (Å²) in [4.78, 5) is 0. The first-order valence-electron chi connectivity index (χ1n) is 6.82. The van der Waals surface area contributed by atoms with Gasteiger partial charge in [0.2, 0.25) is 0 Å². The van der Waals surface area contributed by atoms with Crippen molar-refractivity contribution in [2.75, 3.05) is 25.6 Å². The summed E-state index contributed by atoms with van der Waals surface area (Å²) in [7, 11) is 0. The van der Waals surface area contributed by atoms with Gasteiger partial charge in [-0.25, -0.2) is 0 Å². The fourth-order valence-electron chi connectivity index (χ4n) is 2.39. The van der Waals surface area contributed by atoms with Crippen molar-refractivity contribution in [2.24, 2.45) is 5.92 Å². The molecule has 0 radical (unpaired) electrons. The lowest BCUT2D eigenvalue weighted by atomic mass is 9.78. The van der Waals surface area contributed by atoms with Gasteiger partial charge in [0, 0.05) is 18.0 Å². The van der Waals surface area contributed by atoms with E-state index in [0.29, 0.717) is 18.8 Å². The molecule has 2 nitrogen and oxygen atoms in total. The van der Waals surface area contributed by atoms with Crippen molar-refractivity contribution in [3.8, 4) is 0 Å². The third kappa shape index (κ3) is 6.82. The molecule has 0 aromatic heterocycles. The molecule has 0 bridgehead atoms. The largest absolute Gasteiger partial charge is 0.411 e. The Morgan fingerprint density at radius 3 is 2.47 bits per heavy atom. The van der Waals surface area contributed by atoms with E-state index in [1.165, 1.54) is 0 Å². The molecule has 0 heterocycles. The van der Waals surface area contributed by atoms with E-state index in [2.05, 4.69) is 17.0 Å². The van der Waals surface area contributed by atoms with E-state index in [9.17, 15) is 13.2 Å². The van der Waals surface area contributed by atoms with E-state index in [-0.39, 0.29) is 12.1 Å². The van der Waals surface area contributed by atoms with Crippen LogP contribution in [0.3, 0.4) is 0 Å². The van der Waals surface area contributed by atoms with Crippen LogP contribution in [-0.2, 0) is 4.74 Å². The van der Waals surface area contributed by atoms with Gasteiger partial charge in [-0.2, -0.15) is 13.2 Å². The van der Waals surface area contributed by atoms with E-state index in [1.54, 1.807) is 0 Å². The molecule has 0 aliphatic heterocycles. The molecule has 1 N–H and O–H groups in total. The van der Waals surface area contributed by atoms with Crippen LogP contribution >= 0.6 is 11.6 Å². The zero-order valence-electron chi connectivity index (χ0n) is 11.4. The van der Waals surface area contributed by atoms with E-state index in [0.717, 1.165) is 31.6 Å². The summed E-state index contributed by atoms with van der Waals surface area (Å²) in [5.74, 6) is 1.30. The molecule has 1 fully saturated rings. The van der Waals surface area contributed by atoms with Crippen LogP contribution in [-0.4, -0.2) is 37.4 Å².